The molecule has 0 aliphatic rings. The first-order valence-corrected chi connectivity index (χ1v) is 4.12. The van der Waals surface area contributed by atoms with Crippen molar-refractivity contribution < 1.29 is 14.2 Å². The zero-order valence-corrected chi connectivity index (χ0v) is 7.63. The molecule has 0 rings (SSSR count). The molecule has 0 N–H and O–H groups in total. The van der Waals surface area contributed by atoms with Crippen LogP contribution >= 0.6 is 0 Å². The van der Waals surface area contributed by atoms with E-state index in [9.17, 15) is 0 Å². The van der Waals surface area contributed by atoms with E-state index in [4.69, 9.17) is 14.2 Å². The van der Waals surface area contributed by atoms with Gasteiger partial charge in [-0.25, -0.2) is 0 Å². The van der Waals surface area contributed by atoms with Crippen LogP contribution in [0.2, 0.25) is 0 Å². The van der Waals surface area contributed by atoms with Crippen molar-refractivity contribution >= 4 is 0 Å². The van der Waals surface area contributed by atoms with E-state index in [1.165, 1.54) is 0 Å². The molecule has 0 aromatic carbocycles. The van der Waals surface area contributed by atoms with Crippen molar-refractivity contribution in [2.24, 2.45) is 0 Å². The van der Waals surface area contributed by atoms with Gasteiger partial charge < -0.3 is 14.2 Å². The van der Waals surface area contributed by atoms with Gasteiger partial charge in [-0.2, -0.15) is 0 Å². The van der Waals surface area contributed by atoms with E-state index >= 15 is 0 Å². The van der Waals surface area contributed by atoms with Gasteiger partial charge in [0.15, 0.2) is 6.29 Å². The third-order valence-electron chi connectivity index (χ3n) is 1.19. The van der Waals surface area contributed by atoms with E-state index in [0.29, 0.717) is 19.8 Å². The van der Waals surface area contributed by atoms with Gasteiger partial charge >= 0.3 is 0 Å². The van der Waals surface area contributed by atoms with Crippen LogP contribution in [0.1, 0.15) is 20.8 Å². The van der Waals surface area contributed by atoms with Crippen molar-refractivity contribution in [3.05, 3.63) is 0 Å². The summed E-state index contributed by atoms with van der Waals surface area (Å²) in [6.45, 7) is 8.48. The average molecular weight is 162 g/mol. The summed E-state index contributed by atoms with van der Waals surface area (Å²) in [7, 11) is 0. The Balaban J connectivity index is 2.97. The summed E-state index contributed by atoms with van der Waals surface area (Å²) in [5.41, 5.74) is 0. The second-order valence-electron chi connectivity index (χ2n) is 2.09. The van der Waals surface area contributed by atoms with Gasteiger partial charge in [0.25, 0.3) is 0 Å². The minimum absolute atomic E-state index is 0.111. The fraction of sp³-hybridized carbons (Fsp3) is 1.00. The molecule has 0 saturated heterocycles. The molecule has 1 atom stereocenters. The Kier molecular flexibility index (Phi) is 7.89. The third-order valence-corrected chi connectivity index (χ3v) is 1.19. The summed E-state index contributed by atoms with van der Waals surface area (Å²) in [4.78, 5) is 0. The van der Waals surface area contributed by atoms with Crippen molar-refractivity contribution in [1.29, 1.82) is 0 Å². The molecule has 0 spiro atoms. The van der Waals surface area contributed by atoms with Crippen molar-refractivity contribution in [3.63, 3.8) is 0 Å². The lowest BCUT2D eigenvalue weighted by atomic mass is 10.7. The Morgan fingerprint density at radius 3 is 2.27 bits per heavy atom. The van der Waals surface area contributed by atoms with E-state index in [1.807, 2.05) is 20.8 Å². The zero-order chi connectivity index (χ0) is 8.53. The highest BCUT2D eigenvalue weighted by Crippen LogP contribution is 1.92. The molecular formula is C8H18O3. The van der Waals surface area contributed by atoms with Crippen LogP contribution in [0.25, 0.3) is 0 Å². The van der Waals surface area contributed by atoms with E-state index in [0.717, 1.165) is 6.61 Å². The predicted molar refractivity (Wildman–Crippen MR) is 43.5 cm³/mol. The minimum atomic E-state index is -0.111. The molecule has 0 bridgehead atoms. The lowest BCUT2D eigenvalue weighted by Gasteiger charge is -2.12. The van der Waals surface area contributed by atoms with Gasteiger partial charge in [-0.3, -0.25) is 0 Å². The second-order valence-corrected chi connectivity index (χ2v) is 2.09. The van der Waals surface area contributed by atoms with E-state index in [2.05, 4.69) is 0 Å². The maximum atomic E-state index is 5.24. The first-order valence-electron chi connectivity index (χ1n) is 4.12. The van der Waals surface area contributed by atoms with Crippen LogP contribution in [-0.2, 0) is 14.2 Å². The molecule has 3 heteroatoms. The summed E-state index contributed by atoms with van der Waals surface area (Å²) in [5.74, 6) is 0. The lowest BCUT2D eigenvalue weighted by Crippen LogP contribution is -2.16. The molecular weight excluding hydrogens is 144 g/mol. The van der Waals surface area contributed by atoms with Gasteiger partial charge in [0.2, 0.25) is 0 Å². The summed E-state index contributed by atoms with van der Waals surface area (Å²) in [6.07, 6.45) is -0.111. The van der Waals surface area contributed by atoms with Crippen LogP contribution in [0.5, 0.6) is 0 Å². The topological polar surface area (TPSA) is 27.7 Å². The van der Waals surface area contributed by atoms with Crippen molar-refractivity contribution in [2.75, 3.05) is 26.4 Å². The van der Waals surface area contributed by atoms with Crippen LogP contribution in [0.4, 0.5) is 0 Å². The fourth-order valence-corrected chi connectivity index (χ4v) is 0.700. The van der Waals surface area contributed by atoms with Gasteiger partial charge in [0.1, 0.15) is 0 Å². The molecule has 0 aromatic heterocycles. The largest absolute Gasteiger partial charge is 0.379 e. The summed E-state index contributed by atoms with van der Waals surface area (Å²) >= 11 is 0. The lowest BCUT2D eigenvalue weighted by molar-refractivity contribution is -0.135. The maximum Gasteiger partial charge on any atom is 0.154 e. The molecule has 0 aromatic rings. The monoisotopic (exact) mass is 162 g/mol. The second kappa shape index (κ2) is 7.98. The molecule has 0 aliphatic carbocycles. The van der Waals surface area contributed by atoms with Crippen LogP contribution in [-0.4, -0.2) is 32.7 Å². The fourth-order valence-electron chi connectivity index (χ4n) is 0.700. The average Bonchev–Trinajstić information content (AvgIpc) is 1.99. The van der Waals surface area contributed by atoms with Crippen LogP contribution in [0.3, 0.4) is 0 Å². The van der Waals surface area contributed by atoms with E-state index in [-0.39, 0.29) is 6.29 Å². The van der Waals surface area contributed by atoms with Gasteiger partial charge in [0, 0.05) is 13.2 Å². The van der Waals surface area contributed by atoms with Crippen LogP contribution in [0, 0.1) is 0 Å². The highest BCUT2D eigenvalue weighted by atomic mass is 16.7. The molecule has 0 aliphatic heterocycles. The van der Waals surface area contributed by atoms with Crippen molar-refractivity contribution in [3.8, 4) is 0 Å². The first-order chi connectivity index (χ1) is 5.31. The van der Waals surface area contributed by atoms with Gasteiger partial charge in [-0.05, 0) is 20.8 Å². The molecule has 3 nitrogen and oxygen atoms in total. The molecule has 0 radical (unpaired) electrons. The Bertz CT molecular complexity index is 75.7. The Labute approximate surface area is 68.6 Å². The molecule has 0 heterocycles. The number of ether oxygens (including phenoxy) is 3. The smallest absolute Gasteiger partial charge is 0.154 e. The highest BCUT2D eigenvalue weighted by molar-refractivity contribution is 4.32. The van der Waals surface area contributed by atoms with Crippen molar-refractivity contribution in [2.45, 2.75) is 27.1 Å². The summed E-state index contributed by atoms with van der Waals surface area (Å²) < 4.78 is 15.5. The number of hydrogen-bond acceptors (Lipinski definition) is 3. The van der Waals surface area contributed by atoms with Crippen molar-refractivity contribution in [1.82, 2.24) is 0 Å². The van der Waals surface area contributed by atoms with Gasteiger partial charge in [-0.1, -0.05) is 0 Å². The molecule has 11 heavy (non-hydrogen) atoms. The third kappa shape index (κ3) is 7.78. The van der Waals surface area contributed by atoms with Crippen LogP contribution in [0.15, 0.2) is 0 Å². The van der Waals surface area contributed by atoms with Gasteiger partial charge in [0.05, 0.1) is 13.2 Å². The normalized spacial score (nSPS) is 13.4. The molecule has 0 amide bonds. The first kappa shape index (κ1) is 10.9. The molecule has 1 unspecified atom stereocenters. The van der Waals surface area contributed by atoms with E-state index in [1.54, 1.807) is 0 Å². The molecule has 68 valence electrons. The summed E-state index contributed by atoms with van der Waals surface area (Å²) in [6, 6.07) is 0. The Hall–Kier alpha value is -0.120. The maximum absolute atomic E-state index is 5.24. The van der Waals surface area contributed by atoms with Gasteiger partial charge in [-0.15, -0.1) is 0 Å². The standard InChI is InChI=1S/C8H18O3/c1-4-9-6-7-11-8(3)10-5-2/h8H,4-7H2,1-3H3. The highest BCUT2D eigenvalue weighted by Gasteiger charge is 1.98. The number of hydrogen-bond donors (Lipinski definition) is 0. The molecule has 0 saturated carbocycles. The Morgan fingerprint density at radius 1 is 1.00 bits per heavy atom. The predicted octanol–water partition coefficient (Wildman–Crippen LogP) is 1.42. The minimum Gasteiger partial charge on any atom is -0.379 e. The summed E-state index contributed by atoms with van der Waals surface area (Å²) in [5, 5.41) is 0. The SMILES string of the molecule is CCOCCOC(C)OCC. The molecule has 0 fully saturated rings. The zero-order valence-electron chi connectivity index (χ0n) is 7.63. The van der Waals surface area contributed by atoms with E-state index < -0.39 is 0 Å². The Morgan fingerprint density at radius 2 is 1.73 bits per heavy atom. The number of rotatable bonds is 7. The van der Waals surface area contributed by atoms with Crippen LogP contribution < -0.4 is 0 Å². The quantitative estimate of drug-likeness (QED) is 0.418.